The molecule has 1 aliphatic carbocycles. The summed E-state index contributed by atoms with van der Waals surface area (Å²) in [6, 6.07) is 18.3. The fourth-order valence-electron chi connectivity index (χ4n) is 7.86. The molecule has 4 aliphatic rings. The van der Waals surface area contributed by atoms with Crippen molar-refractivity contribution >= 4 is 34.0 Å². The Hall–Kier alpha value is -3.87. The Balaban J connectivity index is 0.860. The van der Waals surface area contributed by atoms with E-state index in [-0.39, 0.29) is 29.2 Å². The number of phenols is 1. The van der Waals surface area contributed by atoms with Crippen LogP contribution in [-0.2, 0) is 28.9 Å². The van der Waals surface area contributed by atoms with E-state index in [1.54, 1.807) is 12.1 Å². The summed E-state index contributed by atoms with van der Waals surface area (Å²) in [5, 5.41) is 28.3. The van der Waals surface area contributed by atoms with Crippen molar-refractivity contribution in [2.24, 2.45) is 5.92 Å². The minimum absolute atomic E-state index is 0.0351. The first kappa shape index (κ1) is 34.6. The molecule has 0 spiro atoms. The van der Waals surface area contributed by atoms with Gasteiger partial charge in [-0.05, 0) is 92.2 Å². The van der Waals surface area contributed by atoms with E-state index in [1.807, 2.05) is 24.3 Å². The number of esters is 1. The van der Waals surface area contributed by atoms with Gasteiger partial charge in [0.15, 0.2) is 5.78 Å². The summed E-state index contributed by atoms with van der Waals surface area (Å²) in [6.07, 6.45) is 5.54. The molecule has 5 heterocycles. The molecule has 2 atom stereocenters. The molecule has 0 amide bonds. The number of ether oxygens (including phenoxy) is 1. The lowest BCUT2D eigenvalue weighted by Gasteiger charge is -2.45. The number of fused-ring (bicyclic) bond motifs is 5. The first-order valence-corrected chi connectivity index (χ1v) is 18.7. The number of aliphatic hydroxyl groups excluding tert-OH is 1. The van der Waals surface area contributed by atoms with Crippen molar-refractivity contribution in [1.82, 2.24) is 20.5 Å². The summed E-state index contributed by atoms with van der Waals surface area (Å²) in [5.74, 6) is 0.390. The van der Waals surface area contributed by atoms with Crippen LogP contribution in [-0.4, -0.2) is 76.2 Å². The van der Waals surface area contributed by atoms with Gasteiger partial charge in [0.2, 0.25) is 5.56 Å². The maximum absolute atomic E-state index is 13.9. The second-order valence-corrected chi connectivity index (χ2v) is 15.3. The fourth-order valence-corrected chi connectivity index (χ4v) is 8.78. The van der Waals surface area contributed by atoms with E-state index >= 15 is 0 Å². The van der Waals surface area contributed by atoms with Crippen LogP contribution in [0.15, 0.2) is 65.5 Å². The van der Waals surface area contributed by atoms with Crippen molar-refractivity contribution in [2.75, 3.05) is 32.7 Å². The van der Waals surface area contributed by atoms with Crippen LogP contribution in [0.2, 0.25) is 0 Å². The second kappa shape index (κ2) is 15.2. The third-order valence-corrected chi connectivity index (χ3v) is 11.9. The van der Waals surface area contributed by atoms with Crippen molar-refractivity contribution in [3.63, 3.8) is 0 Å². The minimum atomic E-state index is -0.813. The lowest BCUT2D eigenvalue weighted by atomic mass is 9.85. The van der Waals surface area contributed by atoms with Crippen LogP contribution >= 0.6 is 11.3 Å². The largest absolute Gasteiger partial charge is 0.506 e. The average Bonchev–Trinajstić information content (AvgIpc) is 3.77. The molecule has 3 fully saturated rings. The topological polar surface area (TPSA) is 144 Å². The maximum atomic E-state index is 13.9. The fraction of sp³-hybridized carbons (Fsp3) is 0.462. The smallest absolute Gasteiger partial charge is 0.327 e. The number of nitrogens with one attached hydrogen (secondary N) is 3. The summed E-state index contributed by atoms with van der Waals surface area (Å²) in [5.41, 5.74) is 2.19. The molecule has 50 heavy (non-hydrogen) atoms. The van der Waals surface area contributed by atoms with Crippen LogP contribution in [0.5, 0.6) is 5.75 Å². The van der Waals surface area contributed by atoms with Gasteiger partial charge in [-0.1, -0.05) is 36.8 Å². The molecule has 0 unspecified atom stereocenters. The number of piperidine rings is 3. The van der Waals surface area contributed by atoms with Crippen molar-refractivity contribution in [2.45, 2.75) is 75.7 Å². The minimum Gasteiger partial charge on any atom is -0.506 e. The number of benzene rings is 2. The number of pyridine rings is 1. The van der Waals surface area contributed by atoms with Gasteiger partial charge < -0.3 is 25.3 Å². The molecule has 3 aliphatic heterocycles. The van der Waals surface area contributed by atoms with Crippen LogP contribution in [0.3, 0.4) is 0 Å². The summed E-state index contributed by atoms with van der Waals surface area (Å²) < 4.78 is 6.28. The quantitative estimate of drug-likeness (QED) is 0.0683. The second-order valence-electron chi connectivity index (χ2n) is 14.1. The van der Waals surface area contributed by atoms with Gasteiger partial charge in [-0.25, -0.2) is 0 Å². The number of rotatable bonds is 15. The SMILES string of the molecule is O=C(CCCCCNC[C@H](O)c1ccc(O)c2[nH]c(=O)ccc12)c1ccc(CNC2(C(=O)O[C@H]3CN4CCC3CC4)Cc3ccccc3C2)s1. The molecule has 264 valence electrons. The summed E-state index contributed by atoms with van der Waals surface area (Å²) >= 11 is 1.49. The number of carbonyl (C=O) groups is 2. The van der Waals surface area contributed by atoms with Gasteiger partial charge in [0.1, 0.15) is 17.4 Å². The molecule has 3 saturated heterocycles. The van der Waals surface area contributed by atoms with E-state index in [0.29, 0.717) is 61.3 Å². The van der Waals surface area contributed by atoms with Gasteiger partial charge in [-0.3, -0.25) is 24.6 Å². The van der Waals surface area contributed by atoms with E-state index in [9.17, 15) is 24.6 Å². The average molecular weight is 699 g/mol. The highest BCUT2D eigenvalue weighted by Crippen LogP contribution is 2.35. The Morgan fingerprint density at radius 2 is 1.78 bits per heavy atom. The first-order chi connectivity index (χ1) is 24.3. The third kappa shape index (κ3) is 7.57. The van der Waals surface area contributed by atoms with Crippen LogP contribution in [0.25, 0.3) is 10.9 Å². The first-order valence-electron chi connectivity index (χ1n) is 17.9. The van der Waals surface area contributed by atoms with E-state index < -0.39 is 11.6 Å². The number of carbonyl (C=O) groups excluding carboxylic acids is 2. The molecule has 0 radical (unpaired) electrons. The highest BCUT2D eigenvalue weighted by molar-refractivity contribution is 7.14. The van der Waals surface area contributed by atoms with Crippen molar-refractivity contribution in [3.8, 4) is 5.75 Å². The lowest BCUT2D eigenvalue weighted by molar-refractivity contribution is -0.166. The number of H-pyrrole nitrogens is 1. The number of aromatic amines is 1. The van der Waals surface area contributed by atoms with Crippen molar-refractivity contribution in [3.05, 3.63) is 97.5 Å². The highest BCUT2D eigenvalue weighted by atomic mass is 32.1. The van der Waals surface area contributed by atoms with Gasteiger partial charge in [0.05, 0.1) is 16.5 Å². The molecule has 2 aromatic heterocycles. The van der Waals surface area contributed by atoms with Gasteiger partial charge in [0, 0.05) is 55.2 Å². The van der Waals surface area contributed by atoms with Gasteiger partial charge in [-0.2, -0.15) is 0 Å². The molecule has 0 saturated carbocycles. The number of aromatic nitrogens is 1. The van der Waals surface area contributed by atoms with Crippen LogP contribution in [0.1, 0.15) is 75.9 Å². The number of hydrogen-bond acceptors (Lipinski definition) is 10. The van der Waals surface area contributed by atoms with Gasteiger partial charge in [-0.15, -0.1) is 11.3 Å². The molecular formula is C39H46N4O6S. The van der Waals surface area contributed by atoms with E-state index in [2.05, 4.69) is 32.7 Å². The highest BCUT2D eigenvalue weighted by Gasteiger charge is 2.47. The third-order valence-electron chi connectivity index (χ3n) is 10.7. The van der Waals surface area contributed by atoms with E-state index in [0.717, 1.165) is 61.5 Å². The van der Waals surface area contributed by atoms with E-state index in [4.69, 9.17) is 4.74 Å². The molecular weight excluding hydrogens is 653 g/mol. The molecule has 8 rings (SSSR count). The number of hydrogen-bond donors (Lipinski definition) is 5. The number of thiophene rings is 1. The number of aliphatic hydroxyl groups is 1. The molecule has 11 heteroatoms. The predicted molar refractivity (Wildman–Crippen MR) is 194 cm³/mol. The Morgan fingerprint density at radius 1 is 1.00 bits per heavy atom. The predicted octanol–water partition coefficient (Wildman–Crippen LogP) is 4.63. The summed E-state index contributed by atoms with van der Waals surface area (Å²) in [7, 11) is 0. The zero-order chi connectivity index (χ0) is 34.7. The Morgan fingerprint density at radius 3 is 2.52 bits per heavy atom. The van der Waals surface area contributed by atoms with Gasteiger partial charge in [0.25, 0.3) is 0 Å². The number of aromatic hydroxyl groups is 1. The Kier molecular flexibility index (Phi) is 10.5. The number of Topliss-reactive ketones (excluding diaryl/α,β-unsaturated/α-hetero) is 1. The molecule has 4 aromatic rings. The van der Waals surface area contributed by atoms with Gasteiger partial charge >= 0.3 is 5.97 Å². The number of nitrogens with zero attached hydrogens (tertiary/aromatic N) is 1. The van der Waals surface area contributed by atoms with Crippen LogP contribution < -0.4 is 16.2 Å². The molecule has 2 bridgehead atoms. The molecule has 5 N–H and O–H groups in total. The van der Waals surface area contributed by atoms with Crippen LogP contribution in [0, 0.1) is 5.92 Å². The zero-order valence-corrected chi connectivity index (χ0v) is 29.1. The number of ketones is 1. The number of phenolic OH excluding ortho intramolecular Hbond substituents is 1. The molecule has 10 nitrogen and oxygen atoms in total. The zero-order valence-electron chi connectivity index (χ0n) is 28.3. The standard InChI is InChI=1S/C39H46N4O6S/c44-31(8-2-1-5-17-40-23-33(46)29-10-12-32(45)37-30(29)11-14-36(47)42-37)35-13-9-28(50-35)22-41-39(20-26-6-3-4-7-27(26)21-39)38(48)49-34-24-43-18-15-25(34)16-19-43/h3-4,6-7,9-14,25,33-34,40-41,45-46H,1-2,5,8,15-24H2,(H,42,47)/t33-,34-/m0/s1. The summed E-state index contributed by atoms with van der Waals surface area (Å²) in [6.45, 7) is 4.55. The normalized spacial score (nSPS) is 21.3. The maximum Gasteiger partial charge on any atom is 0.327 e. The van der Waals surface area contributed by atoms with E-state index in [1.165, 1.54) is 34.6 Å². The lowest BCUT2D eigenvalue weighted by Crippen LogP contribution is -2.58. The molecule has 2 aromatic carbocycles. The monoisotopic (exact) mass is 698 g/mol. The summed E-state index contributed by atoms with van der Waals surface area (Å²) in [4.78, 5) is 45.4. The number of unbranched alkanes of at least 4 members (excludes halogenated alkanes) is 2. The Labute approximate surface area is 295 Å². The Bertz CT molecular complexity index is 1870. The van der Waals surface area contributed by atoms with Crippen molar-refractivity contribution < 1.29 is 24.5 Å². The van der Waals surface area contributed by atoms with Crippen LogP contribution in [0.4, 0.5) is 0 Å². The van der Waals surface area contributed by atoms with Crippen molar-refractivity contribution in [1.29, 1.82) is 0 Å².